The molecule has 0 atom stereocenters. The number of likely N-dealkylation sites (N-methyl/N-ethyl adjacent to an activating group) is 1. The molecule has 7 heteroatoms. The molecular formula is C18H16FN3O3. The van der Waals surface area contributed by atoms with Crippen LogP contribution in [0.5, 0.6) is 0 Å². The molecule has 0 saturated heterocycles. The lowest BCUT2D eigenvalue weighted by molar-refractivity contribution is -0.133. The highest BCUT2D eigenvalue weighted by molar-refractivity contribution is 6.02. The molecule has 25 heavy (non-hydrogen) atoms. The summed E-state index contributed by atoms with van der Waals surface area (Å²) in [5.74, 6) is -1.36. The summed E-state index contributed by atoms with van der Waals surface area (Å²) in [6.45, 7) is -0.0975. The minimum Gasteiger partial charge on any atom is -0.451 e. The molecule has 0 aliphatic rings. The van der Waals surface area contributed by atoms with Crippen LogP contribution in [0, 0.1) is 5.82 Å². The highest BCUT2D eigenvalue weighted by atomic mass is 19.1. The van der Waals surface area contributed by atoms with E-state index in [1.54, 1.807) is 37.4 Å². The number of ether oxygens (including phenoxy) is 1. The number of carbonyl (C=O) groups excluding carboxylic acids is 2. The van der Waals surface area contributed by atoms with Crippen molar-refractivity contribution in [3.8, 4) is 0 Å². The Bertz CT molecular complexity index is 905. The van der Waals surface area contributed by atoms with E-state index in [9.17, 15) is 14.0 Å². The lowest BCUT2D eigenvalue weighted by Gasteiger charge is -2.17. The van der Waals surface area contributed by atoms with Crippen molar-refractivity contribution in [2.45, 2.75) is 6.54 Å². The number of H-pyrrole nitrogens is 1. The Morgan fingerprint density at radius 3 is 2.64 bits per heavy atom. The summed E-state index contributed by atoms with van der Waals surface area (Å²) in [4.78, 5) is 25.6. The minimum absolute atomic E-state index is 0.143. The Hall–Kier alpha value is -3.22. The van der Waals surface area contributed by atoms with Crippen LogP contribution in [0.15, 0.2) is 48.5 Å². The molecule has 0 aliphatic heterocycles. The number of carbonyl (C=O) groups is 2. The summed E-state index contributed by atoms with van der Waals surface area (Å²) in [5, 5.41) is 7.31. The number of aromatic amines is 1. The van der Waals surface area contributed by atoms with E-state index >= 15 is 0 Å². The second-order valence-corrected chi connectivity index (χ2v) is 5.57. The van der Waals surface area contributed by atoms with Gasteiger partial charge in [-0.1, -0.05) is 30.3 Å². The fraction of sp³-hybridized carbons (Fsp3) is 0.167. The summed E-state index contributed by atoms with van der Waals surface area (Å²) >= 11 is 0. The lowest BCUT2D eigenvalue weighted by atomic mass is 10.2. The van der Waals surface area contributed by atoms with Gasteiger partial charge >= 0.3 is 5.97 Å². The van der Waals surface area contributed by atoms with Gasteiger partial charge in [-0.05, 0) is 23.8 Å². The fourth-order valence-corrected chi connectivity index (χ4v) is 2.38. The van der Waals surface area contributed by atoms with Gasteiger partial charge in [-0.2, -0.15) is 5.10 Å². The third kappa shape index (κ3) is 3.82. The van der Waals surface area contributed by atoms with Gasteiger partial charge in [0.1, 0.15) is 5.82 Å². The molecular weight excluding hydrogens is 325 g/mol. The van der Waals surface area contributed by atoms with Crippen LogP contribution in [-0.4, -0.2) is 40.6 Å². The van der Waals surface area contributed by atoms with Crippen LogP contribution in [0.3, 0.4) is 0 Å². The molecule has 0 fully saturated rings. The predicted molar refractivity (Wildman–Crippen MR) is 89.3 cm³/mol. The van der Waals surface area contributed by atoms with Crippen LogP contribution in [0.2, 0.25) is 0 Å². The van der Waals surface area contributed by atoms with Crippen molar-refractivity contribution in [3.63, 3.8) is 0 Å². The summed E-state index contributed by atoms with van der Waals surface area (Å²) in [6.07, 6.45) is 0. The molecule has 1 heterocycles. The van der Waals surface area contributed by atoms with E-state index < -0.39 is 12.6 Å². The SMILES string of the molecule is CN(Cc1ccc(F)cc1)C(=O)COC(=O)c1n[nH]c2ccccc12. The number of para-hydroxylation sites is 1. The quantitative estimate of drug-likeness (QED) is 0.724. The maximum Gasteiger partial charge on any atom is 0.359 e. The average molecular weight is 341 g/mol. The molecule has 128 valence electrons. The number of aromatic nitrogens is 2. The van der Waals surface area contributed by atoms with E-state index in [2.05, 4.69) is 10.2 Å². The smallest absolute Gasteiger partial charge is 0.359 e. The van der Waals surface area contributed by atoms with Crippen molar-refractivity contribution in [2.75, 3.05) is 13.7 Å². The van der Waals surface area contributed by atoms with E-state index in [0.717, 1.165) is 5.56 Å². The second kappa shape index (κ2) is 7.12. The number of benzene rings is 2. The van der Waals surface area contributed by atoms with Gasteiger partial charge in [0, 0.05) is 19.0 Å². The van der Waals surface area contributed by atoms with Crippen molar-refractivity contribution < 1.29 is 18.7 Å². The second-order valence-electron chi connectivity index (χ2n) is 5.57. The topological polar surface area (TPSA) is 75.3 Å². The summed E-state index contributed by atoms with van der Waals surface area (Å²) < 4.78 is 18.0. The van der Waals surface area contributed by atoms with Gasteiger partial charge in [0.2, 0.25) is 0 Å². The van der Waals surface area contributed by atoms with Gasteiger partial charge in [-0.3, -0.25) is 9.89 Å². The maximum atomic E-state index is 12.9. The Balaban J connectivity index is 1.57. The fourth-order valence-electron chi connectivity index (χ4n) is 2.38. The molecule has 1 N–H and O–H groups in total. The van der Waals surface area contributed by atoms with Crippen molar-refractivity contribution >= 4 is 22.8 Å². The number of hydrogen-bond donors (Lipinski definition) is 1. The number of hydrogen-bond acceptors (Lipinski definition) is 4. The van der Waals surface area contributed by atoms with Gasteiger partial charge in [-0.25, -0.2) is 9.18 Å². The Labute approximate surface area is 143 Å². The van der Waals surface area contributed by atoms with Crippen LogP contribution >= 0.6 is 0 Å². The third-order valence-corrected chi connectivity index (χ3v) is 3.75. The number of rotatable bonds is 5. The van der Waals surface area contributed by atoms with E-state index in [1.165, 1.54) is 17.0 Å². The van der Waals surface area contributed by atoms with Gasteiger partial charge in [0.15, 0.2) is 12.3 Å². The molecule has 0 saturated carbocycles. The average Bonchev–Trinajstić information content (AvgIpc) is 3.05. The molecule has 3 rings (SSSR count). The monoisotopic (exact) mass is 341 g/mol. The molecule has 0 aliphatic carbocycles. The normalized spacial score (nSPS) is 10.6. The highest BCUT2D eigenvalue weighted by Crippen LogP contribution is 2.16. The highest BCUT2D eigenvalue weighted by Gasteiger charge is 2.18. The number of fused-ring (bicyclic) bond motifs is 1. The van der Waals surface area contributed by atoms with Crippen molar-refractivity contribution in [1.82, 2.24) is 15.1 Å². The zero-order chi connectivity index (χ0) is 17.8. The number of nitrogens with zero attached hydrogens (tertiary/aromatic N) is 2. The van der Waals surface area contributed by atoms with E-state index in [1.807, 2.05) is 6.07 Å². The van der Waals surface area contributed by atoms with Crippen molar-refractivity contribution in [1.29, 1.82) is 0 Å². The van der Waals surface area contributed by atoms with Crippen molar-refractivity contribution in [2.24, 2.45) is 0 Å². The van der Waals surface area contributed by atoms with Crippen LogP contribution in [0.4, 0.5) is 4.39 Å². The third-order valence-electron chi connectivity index (χ3n) is 3.75. The molecule has 0 radical (unpaired) electrons. The number of esters is 1. The van der Waals surface area contributed by atoms with Crippen LogP contribution < -0.4 is 0 Å². The Morgan fingerprint density at radius 1 is 1.16 bits per heavy atom. The summed E-state index contributed by atoms with van der Waals surface area (Å²) in [7, 11) is 1.59. The first-order valence-electron chi connectivity index (χ1n) is 7.63. The zero-order valence-electron chi connectivity index (χ0n) is 13.5. The van der Waals surface area contributed by atoms with Crippen LogP contribution in [0.1, 0.15) is 16.1 Å². The summed E-state index contributed by atoms with van der Waals surface area (Å²) in [5.41, 5.74) is 1.64. The lowest BCUT2D eigenvalue weighted by Crippen LogP contribution is -2.30. The molecule has 1 amide bonds. The van der Waals surface area contributed by atoms with E-state index in [4.69, 9.17) is 4.74 Å². The van der Waals surface area contributed by atoms with Crippen LogP contribution in [-0.2, 0) is 16.1 Å². The molecule has 0 unspecified atom stereocenters. The van der Waals surface area contributed by atoms with Gasteiger partial charge in [-0.15, -0.1) is 0 Å². The van der Waals surface area contributed by atoms with Gasteiger partial charge < -0.3 is 9.64 Å². The first kappa shape index (κ1) is 16.6. The number of halogens is 1. The summed E-state index contributed by atoms with van der Waals surface area (Å²) in [6, 6.07) is 13.0. The van der Waals surface area contributed by atoms with Gasteiger partial charge in [0.25, 0.3) is 5.91 Å². The standard InChI is InChI=1S/C18H16FN3O3/c1-22(10-12-6-8-13(19)9-7-12)16(23)11-25-18(24)17-14-4-2-3-5-15(14)20-21-17/h2-9H,10-11H2,1H3,(H,20,21). The first-order chi connectivity index (χ1) is 12.0. The minimum atomic E-state index is -0.666. The van der Waals surface area contributed by atoms with E-state index in [0.29, 0.717) is 17.4 Å². The molecule has 0 bridgehead atoms. The maximum absolute atomic E-state index is 12.9. The van der Waals surface area contributed by atoms with Crippen LogP contribution in [0.25, 0.3) is 10.9 Å². The Kier molecular flexibility index (Phi) is 4.74. The molecule has 6 nitrogen and oxygen atoms in total. The first-order valence-corrected chi connectivity index (χ1v) is 7.63. The molecule has 3 aromatic rings. The number of amides is 1. The van der Waals surface area contributed by atoms with Gasteiger partial charge in [0.05, 0.1) is 5.52 Å². The Morgan fingerprint density at radius 2 is 1.88 bits per heavy atom. The molecule has 1 aromatic heterocycles. The van der Waals surface area contributed by atoms with E-state index in [-0.39, 0.29) is 17.4 Å². The molecule has 0 spiro atoms. The van der Waals surface area contributed by atoms with Crippen molar-refractivity contribution in [3.05, 3.63) is 65.6 Å². The zero-order valence-corrected chi connectivity index (χ0v) is 13.5. The predicted octanol–water partition coefficient (Wildman–Crippen LogP) is 2.52. The number of nitrogens with one attached hydrogen (secondary N) is 1. The molecule has 2 aromatic carbocycles. The largest absolute Gasteiger partial charge is 0.451 e.